The number of hydrogen-bond acceptors (Lipinski definition) is 5. The highest BCUT2D eigenvalue weighted by Gasteiger charge is 2.21. The van der Waals surface area contributed by atoms with Gasteiger partial charge in [-0.1, -0.05) is 61.7 Å². The van der Waals surface area contributed by atoms with Crippen LogP contribution in [0.3, 0.4) is 0 Å². The summed E-state index contributed by atoms with van der Waals surface area (Å²) >= 11 is 0. The SMILES string of the molecule is c1ccc(CN2CCCC[C@@H](Nc3nc(N4CCCCCC4)c4ccccc4n3)C2)cc1. The Balaban J connectivity index is 1.36. The zero-order valence-electron chi connectivity index (χ0n) is 19.0. The Bertz CT molecular complexity index is 997. The number of anilines is 2. The number of nitrogens with zero attached hydrogens (tertiary/aromatic N) is 4. The van der Waals surface area contributed by atoms with Crippen molar-refractivity contribution in [1.29, 1.82) is 0 Å². The number of likely N-dealkylation sites (tertiary alicyclic amines) is 1. The second-order valence-corrected chi connectivity index (χ2v) is 9.35. The Hall–Kier alpha value is -2.66. The summed E-state index contributed by atoms with van der Waals surface area (Å²) in [6, 6.07) is 19.7. The summed E-state index contributed by atoms with van der Waals surface area (Å²) in [5.41, 5.74) is 2.43. The maximum Gasteiger partial charge on any atom is 0.225 e. The minimum Gasteiger partial charge on any atom is -0.356 e. The summed E-state index contributed by atoms with van der Waals surface area (Å²) in [4.78, 5) is 15.1. The van der Waals surface area contributed by atoms with Gasteiger partial charge < -0.3 is 10.2 Å². The fraction of sp³-hybridized carbons (Fsp3) is 0.481. The van der Waals surface area contributed by atoms with E-state index in [2.05, 4.69) is 69.7 Å². The van der Waals surface area contributed by atoms with Gasteiger partial charge in [-0.15, -0.1) is 0 Å². The zero-order valence-corrected chi connectivity index (χ0v) is 19.0. The average Bonchev–Trinajstić information content (AvgIpc) is 3.22. The maximum absolute atomic E-state index is 5.09. The largest absolute Gasteiger partial charge is 0.356 e. The first-order valence-corrected chi connectivity index (χ1v) is 12.4. The number of benzene rings is 2. The van der Waals surface area contributed by atoms with Gasteiger partial charge in [-0.3, -0.25) is 4.90 Å². The number of fused-ring (bicyclic) bond motifs is 1. The third-order valence-corrected chi connectivity index (χ3v) is 6.83. The molecule has 3 aromatic rings. The maximum atomic E-state index is 5.09. The van der Waals surface area contributed by atoms with Crippen LogP contribution in [-0.2, 0) is 6.54 Å². The van der Waals surface area contributed by atoms with Gasteiger partial charge >= 0.3 is 0 Å². The van der Waals surface area contributed by atoms with Gasteiger partial charge in [-0.2, -0.15) is 4.98 Å². The van der Waals surface area contributed by atoms with Crippen LogP contribution in [-0.4, -0.2) is 47.1 Å². The van der Waals surface area contributed by atoms with Crippen molar-refractivity contribution in [2.75, 3.05) is 36.4 Å². The fourth-order valence-corrected chi connectivity index (χ4v) is 5.15. The van der Waals surface area contributed by atoms with E-state index in [4.69, 9.17) is 9.97 Å². The van der Waals surface area contributed by atoms with Crippen LogP contribution in [0.1, 0.15) is 50.5 Å². The van der Waals surface area contributed by atoms with Crippen LogP contribution in [0.15, 0.2) is 54.6 Å². The van der Waals surface area contributed by atoms with Crippen molar-refractivity contribution in [3.05, 3.63) is 60.2 Å². The average molecular weight is 430 g/mol. The van der Waals surface area contributed by atoms with Gasteiger partial charge in [0.25, 0.3) is 0 Å². The second-order valence-electron chi connectivity index (χ2n) is 9.35. The summed E-state index contributed by atoms with van der Waals surface area (Å²) in [6.07, 6.45) is 8.81. The molecule has 0 aliphatic carbocycles. The molecule has 5 rings (SSSR count). The molecule has 0 bridgehead atoms. The van der Waals surface area contributed by atoms with Crippen LogP contribution in [0.4, 0.5) is 11.8 Å². The Morgan fingerprint density at radius 3 is 2.38 bits per heavy atom. The molecule has 168 valence electrons. The van der Waals surface area contributed by atoms with E-state index in [9.17, 15) is 0 Å². The van der Waals surface area contributed by atoms with Crippen LogP contribution >= 0.6 is 0 Å². The quantitative estimate of drug-likeness (QED) is 0.582. The minimum atomic E-state index is 0.374. The van der Waals surface area contributed by atoms with Crippen molar-refractivity contribution in [1.82, 2.24) is 14.9 Å². The molecule has 5 heteroatoms. The molecule has 2 aliphatic heterocycles. The number of nitrogens with one attached hydrogen (secondary N) is 1. The lowest BCUT2D eigenvalue weighted by molar-refractivity contribution is 0.269. The number of rotatable bonds is 5. The van der Waals surface area contributed by atoms with Crippen molar-refractivity contribution < 1.29 is 0 Å². The summed E-state index contributed by atoms with van der Waals surface area (Å²) in [7, 11) is 0. The molecule has 32 heavy (non-hydrogen) atoms. The van der Waals surface area contributed by atoms with Gasteiger partial charge in [-0.05, 0) is 49.9 Å². The van der Waals surface area contributed by atoms with Crippen LogP contribution in [0.2, 0.25) is 0 Å². The highest BCUT2D eigenvalue weighted by molar-refractivity contribution is 5.90. The normalized spacial score (nSPS) is 20.6. The van der Waals surface area contributed by atoms with Gasteiger partial charge in [0, 0.05) is 37.6 Å². The molecule has 2 aliphatic rings. The van der Waals surface area contributed by atoms with E-state index in [1.54, 1.807) is 0 Å². The minimum absolute atomic E-state index is 0.374. The molecule has 2 saturated heterocycles. The topological polar surface area (TPSA) is 44.3 Å². The Morgan fingerprint density at radius 2 is 1.53 bits per heavy atom. The molecule has 0 saturated carbocycles. The lowest BCUT2D eigenvalue weighted by atomic mass is 10.1. The molecule has 0 radical (unpaired) electrons. The monoisotopic (exact) mass is 429 g/mol. The standard InChI is InChI=1S/C27H35N5/c1-2-10-19-32(18-9-1)26-24-15-6-7-16-25(24)29-27(30-26)28-23-14-8-11-17-31(21-23)20-22-12-4-3-5-13-22/h3-7,12-13,15-16,23H,1-2,8-11,14,17-21H2,(H,28,29,30)/t23-/m1/s1. The molecular weight excluding hydrogens is 394 g/mol. The van der Waals surface area contributed by atoms with Gasteiger partial charge in [0.1, 0.15) is 5.82 Å². The Morgan fingerprint density at radius 1 is 0.781 bits per heavy atom. The number of aromatic nitrogens is 2. The molecule has 1 N–H and O–H groups in total. The van der Waals surface area contributed by atoms with Crippen LogP contribution in [0.5, 0.6) is 0 Å². The number of para-hydroxylation sites is 1. The van der Waals surface area contributed by atoms with E-state index in [1.807, 2.05) is 0 Å². The Kier molecular flexibility index (Phi) is 6.83. The molecular formula is C27H35N5. The molecule has 0 unspecified atom stereocenters. The van der Waals surface area contributed by atoms with Crippen molar-refractivity contribution >= 4 is 22.7 Å². The molecule has 1 aromatic heterocycles. The van der Waals surface area contributed by atoms with E-state index >= 15 is 0 Å². The third kappa shape index (κ3) is 5.21. The van der Waals surface area contributed by atoms with E-state index in [0.717, 1.165) is 50.0 Å². The zero-order chi connectivity index (χ0) is 21.6. The van der Waals surface area contributed by atoms with Gasteiger partial charge in [0.2, 0.25) is 5.95 Å². The van der Waals surface area contributed by atoms with E-state index in [1.165, 1.54) is 55.9 Å². The Labute approximate surface area is 191 Å². The van der Waals surface area contributed by atoms with E-state index in [0.29, 0.717) is 6.04 Å². The predicted molar refractivity (Wildman–Crippen MR) is 133 cm³/mol. The van der Waals surface area contributed by atoms with Crippen molar-refractivity contribution in [3.8, 4) is 0 Å². The molecule has 1 atom stereocenters. The summed E-state index contributed by atoms with van der Waals surface area (Å²) in [5.74, 6) is 1.89. The van der Waals surface area contributed by atoms with Gasteiger partial charge in [0.05, 0.1) is 5.52 Å². The van der Waals surface area contributed by atoms with Crippen LogP contribution in [0, 0.1) is 0 Å². The summed E-state index contributed by atoms with van der Waals surface area (Å²) in [5, 5.41) is 4.91. The third-order valence-electron chi connectivity index (χ3n) is 6.83. The predicted octanol–water partition coefficient (Wildman–Crippen LogP) is 5.48. The second kappa shape index (κ2) is 10.3. The van der Waals surface area contributed by atoms with Crippen molar-refractivity contribution in [2.45, 2.75) is 57.5 Å². The first-order chi connectivity index (χ1) is 15.8. The molecule has 2 aromatic carbocycles. The highest BCUT2D eigenvalue weighted by atomic mass is 15.2. The van der Waals surface area contributed by atoms with Crippen LogP contribution < -0.4 is 10.2 Å². The lowest BCUT2D eigenvalue weighted by Gasteiger charge is -2.26. The fourth-order valence-electron chi connectivity index (χ4n) is 5.15. The molecule has 3 heterocycles. The van der Waals surface area contributed by atoms with E-state index in [-0.39, 0.29) is 0 Å². The first-order valence-electron chi connectivity index (χ1n) is 12.4. The van der Waals surface area contributed by atoms with Gasteiger partial charge in [0.15, 0.2) is 0 Å². The smallest absolute Gasteiger partial charge is 0.225 e. The number of hydrogen-bond donors (Lipinski definition) is 1. The van der Waals surface area contributed by atoms with E-state index < -0.39 is 0 Å². The summed E-state index contributed by atoms with van der Waals surface area (Å²) < 4.78 is 0. The van der Waals surface area contributed by atoms with Gasteiger partial charge in [-0.25, -0.2) is 4.98 Å². The molecule has 5 nitrogen and oxygen atoms in total. The molecule has 2 fully saturated rings. The van der Waals surface area contributed by atoms with Crippen LogP contribution in [0.25, 0.3) is 10.9 Å². The summed E-state index contributed by atoms with van der Waals surface area (Å²) in [6.45, 7) is 5.38. The highest BCUT2D eigenvalue weighted by Crippen LogP contribution is 2.28. The molecule has 0 spiro atoms. The molecule has 0 amide bonds. The first kappa shape index (κ1) is 21.2. The van der Waals surface area contributed by atoms with Crippen molar-refractivity contribution in [2.24, 2.45) is 0 Å². The lowest BCUT2D eigenvalue weighted by Crippen LogP contribution is -2.35. The van der Waals surface area contributed by atoms with Crippen molar-refractivity contribution in [3.63, 3.8) is 0 Å².